The highest BCUT2D eigenvalue weighted by atomic mass is 16.5. The Balaban J connectivity index is 1.36. The van der Waals surface area contributed by atoms with Crippen molar-refractivity contribution < 1.29 is 19.1 Å². The van der Waals surface area contributed by atoms with Crippen molar-refractivity contribution in [3.63, 3.8) is 0 Å². The lowest BCUT2D eigenvalue weighted by Gasteiger charge is -2.23. The van der Waals surface area contributed by atoms with Gasteiger partial charge in [-0.25, -0.2) is 0 Å². The maximum Gasteiger partial charge on any atom is 0.227 e. The van der Waals surface area contributed by atoms with Crippen molar-refractivity contribution in [1.29, 1.82) is 0 Å². The molecule has 3 heterocycles. The summed E-state index contributed by atoms with van der Waals surface area (Å²) in [5.41, 5.74) is 1.00. The maximum absolute atomic E-state index is 12.9. The maximum atomic E-state index is 12.9. The number of hydrogen-bond acceptors (Lipinski definition) is 4. The first kappa shape index (κ1) is 18.4. The third-order valence-corrected chi connectivity index (χ3v) is 6.05. The van der Waals surface area contributed by atoms with Crippen LogP contribution in [0.5, 0.6) is 0 Å². The summed E-state index contributed by atoms with van der Waals surface area (Å²) in [4.78, 5) is 27.5. The highest BCUT2D eigenvalue weighted by molar-refractivity contribution is 5.84. The summed E-state index contributed by atoms with van der Waals surface area (Å²) < 4.78 is 11.2. The Hall–Kier alpha value is -1.92. The topological polar surface area (TPSA) is 67.9 Å². The fraction of sp³-hybridized carbons (Fsp3) is 0.619. The molecule has 4 rings (SSSR count). The minimum absolute atomic E-state index is 0.0217. The highest BCUT2D eigenvalue weighted by Gasteiger charge is 2.50. The molecule has 27 heavy (non-hydrogen) atoms. The molecule has 1 aromatic carbocycles. The number of carbonyl (C=O) groups is 2. The molecule has 0 radical (unpaired) electrons. The van der Waals surface area contributed by atoms with E-state index in [9.17, 15) is 9.59 Å². The average Bonchev–Trinajstić information content (AvgIpc) is 3.30. The molecular weight excluding hydrogens is 344 g/mol. The van der Waals surface area contributed by atoms with Crippen molar-refractivity contribution in [2.45, 2.75) is 37.8 Å². The van der Waals surface area contributed by atoms with Gasteiger partial charge in [0.1, 0.15) is 0 Å². The Labute approximate surface area is 160 Å². The summed E-state index contributed by atoms with van der Waals surface area (Å²) in [5, 5.41) is 3.10. The predicted molar refractivity (Wildman–Crippen MR) is 100 cm³/mol. The number of fused-ring (bicyclic) bond motifs is 1. The third kappa shape index (κ3) is 4.17. The normalized spacial score (nSPS) is 28.1. The second-order valence-electron chi connectivity index (χ2n) is 7.81. The molecule has 0 unspecified atom stereocenters. The molecule has 6 heteroatoms. The molecule has 6 nitrogen and oxygen atoms in total. The first-order chi connectivity index (χ1) is 13.2. The number of amides is 2. The van der Waals surface area contributed by atoms with E-state index in [1.54, 1.807) is 0 Å². The van der Waals surface area contributed by atoms with Crippen molar-refractivity contribution in [2.75, 3.05) is 32.9 Å². The van der Waals surface area contributed by atoms with Gasteiger partial charge in [0.15, 0.2) is 0 Å². The van der Waals surface area contributed by atoms with Gasteiger partial charge in [-0.3, -0.25) is 9.59 Å². The Morgan fingerprint density at radius 1 is 1.07 bits per heavy atom. The third-order valence-electron chi connectivity index (χ3n) is 6.05. The largest absolute Gasteiger partial charge is 0.381 e. The first-order valence-electron chi connectivity index (χ1n) is 10.0. The number of likely N-dealkylation sites (tertiary alicyclic amines) is 1. The van der Waals surface area contributed by atoms with Crippen LogP contribution in [-0.4, -0.2) is 61.8 Å². The molecule has 3 atom stereocenters. The van der Waals surface area contributed by atoms with Crippen LogP contribution in [0.3, 0.4) is 0 Å². The molecule has 2 amide bonds. The summed E-state index contributed by atoms with van der Waals surface area (Å²) >= 11 is 0. The van der Waals surface area contributed by atoms with Gasteiger partial charge < -0.3 is 19.7 Å². The van der Waals surface area contributed by atoms with Crippen LogP contribution in [0.2, 0.25) is 0 Å². The smallest absolute Gasteiger partial charge is 0.227 e. The van der Waals surface area contributed by atoms with Gasteiger partial charge in [0.2, 0.25) is 11.8 Å². The number of ether oxygens (including phenoxy) is 2. The van der Waals surface area contributed by atoms with E-state index in [2.05, 4.69) is 5.32 Å². The van der Waals surface area contributed by atoms with Crippen LogP contribution in [0, 0.1) is 11.8 Å². The van der Waals surface area contributed by atoms with E-state index < -0.39 is 0 Å². The Kier molecular flexibility index (Phi) is 5.74. The Morgan fingerprint density at radius 3 is 2.63 bits per heavy atom. The van der Waals surface area contributed by atoms with E-state index >= 15 is 0 Å². The van der Waals surface area contributed by atoms with Crippen LogP contribution in [0.25, 0.3) is 0 Å². The number of nitrogens with zero attached hydrogens (tertiary/aromatic N) is 1. The minimum atomic E-state index is -0.267. The van der Waals surface area contributed by atoms with Crippen molar-refractivity contribution in [3.05, 3.63) is 35.9 Å². The van der Waals surface area contributed by atoms with Gasteiger partial charge in [-0.1, -0.05) is 30.3 Å². The van der Waals surface area contributed by atoms with E-state index in [-0.39, 0.29) is 29.9 Å². The molecule has 0 aromatic heterocycles. The van der Waals surface area contributed by atoms with Crippen LogP contribution in [-0.2, 0) is 25.5 Å². The molecule has 0 saturated carbocycles. The molecule has 0 spiro atoms. The quantitative estimate of drug-likeness (QED) is 0.848. The second-order valence-corrected chi connectivity index (χ2v) is 7.81. The summed E-state index contributed by atoms with van der Waals surface area (Å²) in [6.45, 7) is 3.32. The van der Waals surface area contributed by atoms with Crippen LogP contribution in [0.15, 0.2) is 30.3 Å². The van der Waals surface area contributed by atoms with Gasteiger partial charge in [-0.15, -0.1) is 0 Å². The van der Waals surface area contributed by atoms with E-state index in [1.807, 2.05) is 35.2 Å². The zero-order valence-electron chi connectivity index (χ0n) is 15.6. The van der Waals surface area contributed by atoms with Crippen LogP contribution in [0.1, 0.15) is 24.8 Å². The molecule has 146 valence electrons. The summed E-state index contributed by atoms with van der Waals surface area (Å²) in [7, 11) is 0. The van der Waals surface area contributed by atoms with Crippen molar-refractivity contribution in [2.24, 2.45) is 11.8 Å². The zero-order chi connectivity index (χ0) is 18.6. The monoisotopic (exact) mass is 372 g/mol. The number of hydrogen-bond donors (Lipinski definition) is 1. The first-order valence-corrected chi connectivity index (χ1v) is 10.0. The van der Waals surface area contributed by atoms with Crippen LogP contribution >= 0.6 is 0 Å². The van der Waals surface area contributed by atoms with Crippen molar-refractivity contribution in [3.8, 4) is 0 Å². The number of rotatable bonds is 5. The van der Waals surface area contributed by atoms with Gasteiger partial charge in [0.05, 0.1) is 24.5 Å². The summed E-state index contributed by atoms with van der Waals surface area (Å²) in [5.74, 6) is 0.326. The molecule has 0 aliphatic carbocycles. The summed E-state index contributed by atoms with van der Waals surface area (Å²) in [6, 6.07) is 9.80. The number of nitrogens with one attached hydrogen (secondary N) is 1. The minimum Gasteiger partial charge on any atom is -0.381 e. The van der Waals surface area contributed by atoms with Gasteiger partial charge in [0, 0.05) is 32.9 Å². The number of carbonyl (C=O) groups excluding carboxylic acids is 2. The molecular formula is C21H28N2O4. The Bertz CT molecular complexity index is 659. The van der Waals surface area contributed by atoms with Crippen molar-refractivity contribution >= 4 is 11.8 Å². The van der Waals surface area contributed by atoms with Gasteiger partial charge in [-0.05, 0) is 30.7 Å². The highest BCUT2D eigenvalue weighted by Crippen LogP contribution is 2.34. The van der Waals surface area contributed by atoms with E-state index in [0.29, 0.717) is 32.0 Å². The van der Waals surface area contributed by atoms with E-state index in [1.165, 1.54) is 0 Å². The molecule has 3 saturated heterocycles. The predicted octanol–water partition coefficient (Wildman–Crippen LogP) is 1.39. The van der Waals surface area contributed by atoms with E-state index in [0.717, 1.165) is 38.0 Å². The van der Waals surface area contributed by atoms with Crippen LogP contribution in [0.4, 0.5) is 0 Å². The summed E-state index contributed by atoms with van der Waals surface area (Å²) in [6.07, 6.45) is 3.01. The molecule has 1 aromatic rings. The van der Waals surface area contributed by atoms with E-state index in [4.69, 9.17) is 9.47 Å². The SMILES string of the molecule is O=C(NCC1CCOCC1)[C@@H]1CN(C(=O)Cc2ccccc2)[C@@H]2CCO[C@H]21. The molecule has 1 N–H and O–H groups in total. The average molecular weight is 372 g/mol. The molecule has 3 fully saturated rings. The molecule has 3 aliphatic heterocycles. The fourth-order valence-corrected chi connectivity index (χ4v) is 4.49. The van der Waals surface area contributed by atoms with Gasteiger partial charge in [0.25, 0.3) is 0 Å². The number of benzene rings is 1. The van der Waals surface area contributed by atoms with Crippen molar-refractivity contribution in [1.82, 2.24) is 10.2 Å². The van der Waals surface area contributed by atoms with Gasteiger partial charge >= 0.3 is 0 Å². The van der Waals surface area contributed by atoms with Crippen LogP contribution < -0.4 is 5.32 Å². The standard InChI is InChI=1S/C21H28N2O4/c24-19(12-15-4-2-1-3-5-15)23-14-17(20-18(23)8-11-27-20)21(25)22-13-16-6-9-26-10-7-16/h1-5,16-18,20H,6-14H2,(H,22,25)/t17-,18-,20+/m1/s1. The second kappa shape index (κ2) is 8.40. The zero-order valence-corrected chi connectivity index (χ0v) is 15.6. The molecule has 0 bridgehead atoms. The lowest BCUT2D eigenvalue weighted by atomic mass is 9.98. The van der Waals surface area contributed by atoms with Gasteiger partial charge in [-0.2, -0.15) is 0 Å². The Morgan fingerprint density at radius 2 is 1.85 bits per heavy atom. The molecule has 3 aliphatic rings. The lowest BCUT2D eigenvalue weighted by Crippen LogP contribution is -2.40. The lowest BCUT2D eigenvalue weighted by molar-refractivity contribution is -0.131. The fourth-order valence-electron chi connectivity index (χ4n) is 4.49.